The second-order valence-corrected chi connectivity index (χ2v) is 5.65. The van der Waals surface area contributed by atoms with Gasteiger partial charge in [0.15, 0.2) is 0 Å². The molecule has 1 aliphatic rings. The molecule has 124 valence electrons. The summed E-state index contributed by atoms with van der Waals surface area (Å²) < 4.78 is 1.52. The second kappa shape index (κ2) is 7.57. The highest BCUT2D eigenvalue weighted by Gasteiger charge is 2.22. The number of hydrogen-bond donors (Lipinski definition) is 1. The zero-order valence-corrected chi connectivity index (χ0v) is 13.9. The summed E-state index contributed by atoms with van der Waals surface area (Å²) in [7, 11) is 0. The molecule has 1 aromatic heterocycles. The van der Waals surface area contributed by atoms with Gasteiger partial charge in [-0.05, 0) is 19.1 Å². The van der Waals surface area contributed by atoms with Crippen molar-refractivity contribution in [2.24, 2.45) is 0 Å². The van der Waals surface area contributed by atoms with Crippen LogP contribution in [0.25, 0.3) is 10.9 Å². The molecule has 1 aliphatic heterocycles. The van der Waals surface area contributed by atoms with Gasteiger partial charge in [-0.25, -0.2) is 4.98 Å². The van der Waals surface area contributed by atoms with Crippen LogP contribution >= 0.6 is 12.4 Å². The van der Waals surface area contributed by atoms with Gasteiger partial charge in [-0.15, -0.1) is 12.4 Å². The predicted molar refractivity (Wildman–Crippen MR) is 91.9 cm³/mol. The fourth-order valence-electron chi connectivity index (χ4n) is 2.84. The van der Waals surface area contributed by atoms with Crippen LogP contribution in [0, 0.1) is 0 Å². The molecular weight excluding hydrogens is 316 g/mol. The molecule has 1 atom stereocenters. The fourth-order valence-corrected chi connectivity index (χ4v) is 2.84. The predicted octanol–water partition coefficient (Wildman–Crippen LogP) is 1.03. The molecule has 7 heteroatoms. The molecule has 6 nitrogen and oxygen atoms in total. The molecular formula is C16H21ClN4O2. The Morgan fingerprint density at radius 2 is 2.17 bits per heavy atom. The van der Waals surface area contributed by atoms with Gasteiger partial charge < -0.3 is 10.2 Å². The van der Waals surface area contributed by atoms with Crippen molar-refractivity contribution in [1.29, 1.82) is 0 Å². The Morgan fingerprint density at radius 3 is 2.96 bits per heavy atom. The van der Waals surface area contributed by atoms with Crippen LogP contribution in [0.4, 0.5) is 0 Å². The van der Waals surface area contributed by atoms with Gasteiger partial charge in [-0.2, -0.15) is 0 Å². The van der Waals surface area contributed by atoms with E-state index in [1.807, 2.05) is 30.0 Å². The summed E-state index contributed by atoms with van der Waals surface area (Å²) in [6.07, 6.45) is 1.85. The number of aromatic nitrogens is 2. The van der Waals surface area contributed by atoms with Gasteiger partial charge in [-0.3, -0.25) is 14.2 Å². The number of carbonyl (C=O) groups is 1. The molecule has 3 rings (SSSR count). The van der Waals surface area contributed by atoms with Crippen LogP contribution < -0.4 is 10.9 Å². The van der Waals surface area contributed by atoms with E-state index in [9.17, 15) is 9.59 Å². The smallest absolute Gasteiger partial charge is 0.261 e. The number of rotatable bonds is 3. The third-order valence-corrected chi connectivity index (χ3v) is 4.12. The van der Waals surface area contributed by atoms with E-state index in [2.05, 4.69) is 10.3 Å². The molecule has 1 saturated heterocycles. The maximum atomic E-state index is 12.4. The average molecular weight is 337 g/mol. The fraction of sp³-hybridized carbons (Fsp3) is 0.438. The van der Waals surface area contributed by atoms with E-state index in [0.717, 1.165) is 19.6 Å². The Morgan fingerprint density at radius 1 is 1.39 bits per heavy atom. The Kier molecular flexibility index (Phi) is 5.74. The number of aryl methyl sites for hydroxylation is 1. The molecule has 1 N–H and O–H groups in total. The number of halogens is 1. The second-order valence-electron chi connectivity index (χ2n) is 5.65. The lowest BCUT2D eigenvalue weighted by Gasteiger charge is -2.34. The van der Waals surface area contributed by atoms with Crippen LogP contribution in [-0.4, -0.2) is 46.0 Å². The minimum Gasteiger partial charge on any atom is -0.337 e. The van der Waals surface area contributed by atoms with E-state index in [0.29, 0.717) is 23.9 Å². The Balaban J connectivity index is 0.00000192. The maximum Gasteiger partial charge on any atom is 0.261 e. The SMILES string of the molecule is CC1CNCCN1C(=O)CCn1cnc2ccccc2c1=O.Cl. The Bertz CT molecular complexity index is 746. The van der Waals surface area contributed by atoms with Crippen molar-refractivity contribution < 1.29 is 4.79 Å². The maximum absolute atomic E-state index is 12.4. The van der Waals surface area contributed by atoms with Crippen LogP contribution in [0.2, 0.25) is 0 Å². The molecule has 1 aromatic carbocycles. The Hall–Kier alpha value is -1.92. The standard InChI is InChI=1S/C16H20N4O2.ClH/c1-12-10-17-7-9-20(12)15(21)6-8-19-11-18-14-5-3-2-4-13(14)16(19)22;/h2-5,11-12,17H,6-10H2,1H3;1H. The first-order valence-corrected chi connectivity index (χ1v) is 7.61. The number of carbonyl (C=O) groups excluding carboxylic acids is 1. The zero-order chi connectivity index (χ0) is 15.5. The Labute approximate surface area is 140 Å². The highest BCUT2D eigenvalue weighted by Crippen LogP contribution is 2.07. The first-order chi connectivity index (χ1) is 10.7. The molecule has 0 bridgehead atoms. The molecule has 2 aromatic rings. The van der Waals surface area contributed by atoms with Crippen LogP contribution in [-0.2, 0) is 11.3 Å². The number of hydrogen-bond acceptors (Lipinski definition) is 4. The van der Waals surface area contributed by atoms with E-state index >= 15 is 0 Å². The topological polar surface area (TPSA) is 67.2 Å². The quantitative estimate of drug-likeness (QED) is 0.909. The van der Waals surface area contributed by atoms with E-state index in [1.54, 1.807) is 6.07 Å². The molecule has 0 spiro atoms. The zero-order valence-electron chi connectivity index (χ0n) is 13.1. The molecule has 1 amide bonds. The molecule has 0 radical (unpaired) electrons. The average Bonchev–Trinajstić information content (AvgIpc) is 2.55. The number of piperazine rings is 1. The van der Waals surface area contributed by atoms with Crippen LogP contribution in [0.1, 0.15) is 13.3 Å². The van der Waals surface area contributed by atoms with Crippen molar-refractivity contribution in [1.82, 2.24) is 19.8 Å². The van der Waals surface area contributed by atoms with Gasteiger partial charge in [0, 0.05) is 38.6 Å². The molecule has 0 saturated carbocycles. The van der Waals surface area contributed by atoms with E-state index in [-0.39, 0.29) is 29.9 Å². The van der Waals surface area contributed by atoms with Crippen molar-refractivity contribution in [3.8, 4) is 0 Å². The van der Waals surface area contributed by atoms with E-state index in [4.69, 9.17) is 0 Å². The van der Waals surface area contributed by atoms with Crippen LogP contribution in [0.3, 0.4) is 0 Å². The van der Waals surface area contributed by atoms with E-state index in [1.165, 1.54) is 10.9 Å². The third-order valence-electron chi connectivity index (χ3n) is 4.12. The highest BCUT2D eigenvalue weighted by molar-refractivity contribution is 5.85. The molecule has 23 heavy (non-hydrogen) atoms. The third kappa shape index (κ3) is 3.71. The minimum absolute atomic E-state index is 0. The summed E-state index contributed by atoms with van der Waals surface area (Å²) in [6.45, 7) is 4.78. The van der Waals surface area contributed by atoms with Crippen molar-refractivity contribution in [3.05, 3.63) is 40.9 Å². The first-order valence-electron chi connectivity index (χ1n) is 7.61. The molecule has 1 fully saturated rings. The van der Waals surface area contributed by atoms with Gasteiger partial charge in [0.25, 0.3) is 5.56 Å². The molecule has 2 heterocycles. The summed E-state index contributed by atoms with van der Waals surface area (Å²) in [5, 5.41) is 3.85. The monoisotopic (exact) mass is 336 g/mol. The van der Waals surface area contributed by atoms with Gasteiger partial charge in [0.05, 0.1) is 17.2 Å². The normalized spacial score (nSPS) is 17.8. The highest BCUT2D eigenvalue weighted by atomic mass is 35.5. The summed E-state index contributed by atoms with van der Waals surface area (Å²) in [5.41, 5.74) is 0.595. The van der Waals surface area contributed by atoms with E-state index < -0.39 is 0 Å². The number of fused-ring (bicyclic) bond motifs is 1. The number of benzene rings is 1. The van der Waals surface area contributed by atoms with Crippen LogP contribution in [0.5, 0.6) is 0 Å². The van der Waals surface area contributed by atoms with Crippen molar-refractivity contribution >= 4 is 29.2 Å². The van der Waals surface area contributed by atoms with Crippen LogP contribution in [0.15, 0.2) is 35.4 Å². The lowest BCUT2D eigenvalue weighted by Crippen LogP contribution is -2.52. The largest absolute Gasteiger partial charge is 0.337 e. The van der Waals surface area contributed by atoms with Gasteiger partial charge in [0.1, 0.15) is 0 Å². The molecule has 1 unspecified atom stereocenters. The van der Waals surface area contributed by atoms with Crippen molar-refractivity contribution in [3.63, 3.8) is 0 Å². The van der Waals surface area contributed by atoms with Gasteiger partial charge in [-0.1, -0.05) is 12.1 Å². The van der Waals surface area contributed by atoms with Crippen molar-refractivity contribution in [2.45, 2.75) is 25.9 Å². The lowest BCUT2D eigenvalue weighted by atomic mass is 10.2. The van der Waals surface area contributed by atoms with Gasteiger partial charge >= 0.3 is 0 Å². The van der Waals surface area contributed by atoms with Gasteiger partial charge in [0.2, 0.25) is 5.91 Å². The summed E-state index contributed by atoms with van der Waals surface area (Å²) in [5.74, 6) is 0.0917. The molecule has 0 aliphatic carbocycles. The summed E-state index contributed by atoms with van der Waals surface area (Å²) >= 11 is 0. The minimum atomic E-state index is -0.0910. The number of nitrogens with one attached hydrogen (secondary N) is 1. The van der Waals surface area contributed by atoms with Crippen molar-refractivity contribution in [2.75, 3.05) is 19.6 Å². The summed E-state index contributed by atoms with van der Waals surface area (Å²) in [6, 6.07) is 7.46. The number of para-hydroxylation sites is 1. The first kappa shape index (κ1) is 17.4. The number of amides is 1. The number of nitrogens with zero attached hydrogens (tertiary/aromatic N) is 3. The lowest BCUT2D eigenvalue weighted by molar-refractivity contribution is -0.134. The summed E-state index contributed by atoms with van der Waals surface area (Å²) in [4.78, 5) is 30.8.